The van der Waals surface area contributed by atoms with Crippen molar-refractivity contribution in [3.8, 4) is 0 Å². The molecule has 3 atom stereocenters. The monoisotopic (exact) mass is 379 g/mol. The Kier molecular flexibility index (Phi) is 5.92. The lowest BCUT2D eigenvalue weighted by molar-refractivity contribution is -0.173. The van der Waals surface area contributed by atoms with Gasteiger partial charge in [-0.05, 0) is 32.6 Å². The molecule has 2 aliphatic rings. The van der Waals surface area contributed by atoms with Gasteiger partial charge in [0.2, 0.25) is 5.91 Å². The number of thiazole rings is 1. The van der Waals surface area contributed by atoms with E-state index in [2.05, 4.69) is 41.4 Å². The molecule has 0 radical (unpaired) electrons. The molecule has 1 saturated carbocycles. The molecule has 3 rings (SSSR count). The highest BCUT2D eigenvalue weighted by Gasteiger charge is 2.59. The Morgan fingerprint density at radius 3 is 2.54 bits per heavy atom. The number of rotatable bonds is 6. The average molecular weight is 380 g/mol. The number of anilines is 1. The first-order valence-electron chi connectivity index (χ1n) is 9.97. The van der Waals surface area contributed by atoms with Crippen LogP contribution in [0.15, 0.2) is 5.38 Å². The highest BCUT2D eigenvalue weighted by molar-refractivity contribution is 7.13. The van der Waals surface area contributed by atoms with Gasteiger partial charge in [-0.2, -0.15) is 0 Å². The zero-order valence-electron chi connectivity index (χ0n) is 16.7. The normalized spacial score (nSPS) is 28.7. The molecule has 1 aromatic heterocycles. The van der Waals surface area contributed by atoms with Gasteiger partial charge in [0.25, 0.3) is 0 Å². The van der Waals surface area contributed by atoms with E-state index in [0.29, 0.717) is 5.92 Å². The zero-order valence-corrected chi connectivity index (χ0v) is 17.6. The number of piperidine rings is 1. The van der Waals surface area contributed by atoms with Crippen molar-refractivity contribution in [2.45, 2.75) is 65.5 Å². The molecule has 0 aromatic carbocycles. The molecule has 1 amide bonds. The summed E-state index contributed by atoms with van der Waals surface area (Å²) in [6.07, 6.45) is 4.14. The van der Waals surface area contributed by atoms with E-state index in [1.54, 1.807) is 18.4 Å². The minimum absolute atomic E-state index is 0.0863. The number of hydrogen-bond donors (Lipinski definition) is 1. The molecule has 146 valence electrons. The van der Waals surface area contributed by atoms with Gasteiger partial charge in [-0.25, -0.2) is 4.98 Å². The lowest BCUT2D eigenvalue weighted by Gasteiger charge is -2.60. The third-order valence-electron chi connectivity index (χ3n) is 6.80. The van der Waals surface area contributed by atoms with Crippen LogP contribution < -0.4 is 10.2 Å². The molecule has 1 aromatic rings. The Balaban J connectivity index is 1.57. The minimum atomic E-state index is 0.0863. The molecule has 1 aliphatic carbocycles. The molecule has 1 saturated heterocycles. The molecule has 0 spiro atoms. The van der Waals surface area contributed by atoms with Gasteiger partial charge in [0, 0.05) is 48.9 Å². The van der Waals surface area contributed by atoms with Crippen molar-refractivity contribution >= 4 is 22.4 Å². The van der Waals surface area contributed by atoms with E-state index in [1.165, 1.54) is 0 Å². The Labute approximate surface area is 161 Å². The Bertz CT molecular complexity index is 620. The van der Waals surface area contributed by atoms with Gasteiger partial charge in [-0.1, -0.05) is 20.8 Å². The molecule has 26 heavy (non-hydrogen) atoms. The first kappa shape index (κ1) is 19.6. The second kappa shape index (κ2) is 7.85. The second-order valence-electron chi connectivity index (χ2n) is 7.97. The summed E-state index contributed by atoms with van der Waals surface area (Å²) in [5.74, 6) is 0.729. The summed E-state index contributed by atoms with van der Waals surface area (Å²) >= 11 is 1.70. The molecule has 0 bridgehead atoms. The lowest BCUT2D eigenvalue weighted by Crippen LogP contribution is -2.70. The van der Waals surface area contributed by atoms with Crippen LogP contribution >= 0.6 is 11.3 Å². The molecule has 6 heteroatoms. The largest absolute Gasteiger partial charge is 0.380 e. The number of aryl methyl sites for hydroxylation is 1. The Morgan fingerprint density at radius 2 is 2.04 bits per heavy atom. The first-order valence-corrected chi connectivity index (χ1v) is 10.8. The number of ether oxygens (including phenoxy) is 1. The van der Waals surface area contributed by atoms with Gasteiger partial charge >= 0.3 is 0 Å². The minimum Gasteiger partial charge on any atom is -0.380 e. The van der Waals surface area contributed by atoms with Crippen LogP contribution in [0.2, 0.25) is 0 Å². The van der Waals surface area contributed by atoms with Crippen molar-refractivity contribution < 1.29 is 9.53 Å². The summed E-state index contributed by atoms with van der Waals surface area (Å²) in [6, 6.07) is 0.231. The van der Waals surface area contributed by atoms with Crippen molar-refractivity contribution in [3.05, 3.63) is 11.1 Å². The number of aromatic nitrogens is 1. The Morgan fingerprint density at radius 1 is 1.38 bits per heavy atom. The predicted molar refractivity (Wildman–Crippen MR) is 107 cm³/mol. The number of methoxy groups -OCH3 is 1. The molecule has 0 unspecified atom stereocenters. The van der Waals surface area contributed by atoms with Gasteiger partial charge in [-0.15, -0.1) is 11.3 Å². The van der Waals surface area contributed by atoms with Crippen molar-refractivity contribution in [1.29, 1.82) is 0 Å². The van der Waals surface area contributed by atoms with E-state index in [4.69, 9.17) is 4.74 Å². The molecule has 5 nitrogen and oxygen atoms in total. The highest BCUT2D eigenvalue weighted by atomic mass is 32.1. The summed E-state index contributed by atoms with van der Waals surface area (Å²) in [6.45, 7) is 10.5. The van der Waals surface area contributed by atoms with Gasteiger partial charge < -0.3 is 15.0 Å². The fraction of sp³-hybridized carbons (Fsp3) is 0.800. The van der Waals surface area contributed by atoms with Crippen LogP contribution in [-0.2, 0) is 9.53 Å². The average Bonchev–Trinajstić information content (AvgIpc) is 3.10. The number of carbonyl (C=O) groups excluding carboxylic acids is 1. The van der Waals surface area contributed by atoms with Crippen LogP contribution in [0.4, 0.5) is 5.13 Å². The van der Waals surface area contributed by atoms with Gasteiger partial charge in [0.05, 0.1) is 11.8 Å². The maximum absolute atomic E-state index is 12.9. The molecule has 2 heterocycles. The standard InChI is InChI=1S/C20H33N3O2S/c1-6-20(7-2)16(14(4)17(20)25-5)22-18(24)15-8-10-23(11-9-15)19-21-13(3)12-26-19/h12,14-17H,6-11H2,1-5H3,(H,22,24)/t14-,16+,17-/m0/s1. The van der Waals surface area contributed by atoms with Crippen LogP contribution in [-0.4, -0.2) is 43.2 Å². The van der Waals surface area contributed by atoms with Crippen LogP contribution in [0.25, 0.3) is 0 Å². The van der Waals surface area contributed by atoms with Crippen molar-refractivity contribution in [3.63, 3.8) is 0 Å². The fourth-order valence-corrected chi connectivity index (χ4v) is 6.04. The van der Waals surface area contributed by atoms with Crippen LogP contribution in [0.1, 0.15) is 52.1 Å². The highest BCUT2D eigenvalue weighted by Crippen LogP contribution is 2.52. The maximum Gasteiger partial charge on any atom is 0.223 e. The van der Waals surface area contributed by atoms with E-state index >= 15 is 0 Å². The topological polar surface area (TPSA) is 54.5 Å². The smallest absolute Gasteiger partial charge is 0.223 e. The number of nitrogens with zero attached hydrogens (tertiary/aromatic N) is 2. The van der Waals surface area contributed by atoms with Gasteiger partial charge in [0.1, 0.15) is 0 Å². The van der Waals surface area contributed by atoms with E-state index in [-0.39, 0.29) is 29.4 Å². The van der Waals surface area contributed by atoms with Crippen LogP contribution in [0.3, 0.4) is 0 Å². The maximum atomic E-state index is 12.9. The number of hydrogen-bond acceptors (Lipinski definition) is 5. The summed E-state index contributed by atoms with van der Waals surface area (Å²) in [5, 5.41) is 6.58. The van der Waals surface area contributed by atoms with Crippen LogP contribution in [0.5, 0.6) is 0 Å². The summed E-state index contributed by atoms with van der Waals surface area (Å²) in [5.41, 5.74) is 1.16. The lowest BCUT2D eigenvalue weighted by atomic mass is 9.53. The summed E-state index contributed by atoms with van der Waals surface area (Å²) in [4.78, 5) is 19.8. The van der Waals surface area contributed by atoms with Gasteiger partial charge in [0.15, 0.2) is 5.13 Å². The van der Waals surface area contributed by atoms with E-state index in [1.807, 2.05) is 6.92 Å². The van der Waals surface area contributed by atoms with Crippen LogP contribution in [0, 0.1) is 24.2 Å². The Hall–Kier alpha value is -1.14. The molecule has 2 fully saturated rings. The zero-order chi connectivity index (χ0) is 18.9. The third kappa shape index (κ3) is 3.26. The molecular formula is C20H33N3O2S. The number of carbonyl (C=O) groups is 1. The van der Waals surface area contributed by atoms with E-state index in [0.717, 1.165) is 49.6 Å². The van der Waals surface area contributed by atoms with Crippen molar-refractivity contribution in [2.24, 2.45) is 17.3 Å². The van der Waals surface area contributed by atoms with E-state index < -0.39 is 0 Å². The SMILES string of the molecule is CCC1(CC)[C@H](NC(=O)C2CCN(c3nc(C)cs3)CC2)[C@H](C)[C@@H]1OC. The fourth-order valence-electron chi connectivity index (χ4n) is 5.19. The third-order valence-corrected chi connectivity index (χ3v) is 7.82. The summed E-state index contributed by atoms with van der Waals surface area (Å²) in [7, 11) is 1.80. The summed E-state index contributed by atoms with van der Waals surface area (Å²) < 4.78 is 5.75. The molecule has 1 N–H and O–H groups in total. The molecule has 1 aliphatic heterocycles. The number of nitrogens with one attached hydrogen (secondary N) is 1. The first-order chi connectivity index (χ1) is 12.5. The second-order valence-corrected chi connectivity index (χ2v) is 8.81. The predicted octanol–water partition coefficient (Wildman–Crippen LogP) is 3.62. The van der Waals surface area contributed by atoms with Crippen molar-refractivity contribution in [2.75, 3.05) is 25.1 Å². The number of amides is 1. The quantitative estimate of drug-likeness (QED) is 0.820. The molecular weight excluding hydrogens is 346 g/mol. The van der Waals surface area contributed by atoms with Crippen molar-refractivity contribution in [1.82, 2.24) is 10.3 Å². The van der Waals surface area contributed by atoms with Gasteiger partial charge in [-0.3, -0.25) is 4.79 Å². The van der Waals surface area contributed by atoms with E-state index in [9.17, 15) is 4.79 Å².